The average Bonchev–Trinajstić information content (AvgIpc) is 3.28. The van der Waals surface area contributed by atoms with Crippen LogP contribution in [0.4, 0.5) is 20.2 Å². The molecule has 0 radical (unpaired) electrons. The van der Waals surface area contributed by atoms with Gasteiger partial charge in [-0.15, -0.1) is 0 Å². The van der Waals surface area contributed by atoms with Crippen molar-refractivity contribution in [3.8, 4) is 17.2 Å². The number of benzene rings is 2. The van der Waals surface area contributed by atoms with Crippen LogP contribution >= 0.6 is 0 Å². The third-order valence-electron chi connectivity index (χ3n) is 4.14. The Morgan fingerprint density at radius 1 is 1.24 bits per heavy atom. The maximum atomic E-state index is 13.0. The van der Waals surface area contributed by atoms with Crippen molar-refractivity contribution in [1.29, 1.82) is 5.26 Å². The molecule has 0 aliphatic heterocycles. The first-order chi connectivity index (χ1) is 12.0. The first kappa shape index (κ1) is 18.7. The highest BCUT2D eigenvalue weighted by Gasteiger charge is 2.56. The van der Waals surface area contributed by atoms with Gasteiger partial charge in [0.15, 0.2) is 12.5 Å². The van der Waals surface area contributed by atoms with Crippen LogP contribution < -0.4 is 10.6 Å². The lowest BCUT2D eigenvalue weighted by Crippen LogP contribution is -2.10. The maximum Gasteiger partial charge on any atom is 0.253 e. The van der Waals surface area contributed by atoms with Crippen molar-refractivity contribution in [2.24, 2.45) is 5.92 Å². The molecule has 2 aromatic rings. The number of nitriles is 1. The lowest BCUT2D eigenvalue weighted by atomic mass is 9.99. The second kappa shape index (κ2) is 7.99. The van der Waals surface area contributed by atoms with Crippen LogP contribution in [0.25, 0.3) is 11.1 Å². The summed E-state index contributed by atoms with van der Waals surface area (Å²) in [5.74, 6) is -3.09. The molecule has 2 aromatic carbocycles. The zero-order valence-electron chi connectivity index (χ0n) is 13.6. The van der Waals surface area contributed by atoms with Gasteiger partial charge in [0.25, 0.3) is 5.92 Å². The van der Waals surface area contributed by atoms with Crippen LogP contribution in [0.3, 0.4) is 0 Å². The second-order valence-electron chi connectivity index (χ2n) is 5.71. The first-order valence-corrected chi connectivity index (χ1v) is 7.98. The predicted molar refractivity (Wildman–Crippen MR) is 95.8 cm³/mol. The van der Waals surface area contributed by atoms with Crippen molar-refractivity contribution in [3.05, 3.63) is 48.0 Å². The molecule has 0 saturated heterocycles. The molecule has 1 atom stereocenters. The van der Waals surface area contributed by atoms with Crippen molar-refractivity contribution in [3.63, 3.8) is 0 Å². The number of nitrogens with zero attached hydrogens (tertiary/aromatic N) is 1. The molecule has 25 heavy (non-hydrogen) atoms. The lowest BCUT2D eigenvalue weighted by Gasteiger charge is -2.14. The van der Waals surface area contributed by atoms with Crippen LogP contribution in [0.2, 0.25) is 0 Å². The monoisotopic (exact) mass is 361 g/mol. The Labute approximate surface area is 150 Å². The first-order valence-electron chi connectivity index (χ1n) is 7.65. The summed E-state index contributed by atoms with van der Waals surface area (Å²) in [5, 5.41) is 15.4. The third kappa shape index (κ3) is 4.28. The van der Waals surface area contributed by atoms with E-state index in [1.807, 2.05) is 36.4 Å². The molecule has 1 aliphatic rings. The van der Waals surface area contributed by atoms with Gasteiger partial charge in [-0.25, -0.2) is 8.78 Å². The fraction of sp³-hybridized carbons (Fsp3) is 0.278. The van der Waals surface area contributed by atoms with Gasteiger partial charge in [0.1, 0.15) is 0 Å². The Bertz CT molecular complexity index is 792. The fourth-order valence-corrected chi connectivity index (χ4v) is 2.63. The lowest BCUT2D eigenvalue weighted by molar-refractivity contribution is 0.101. The summed E-state index contributed by atoms with van der Waals surface area (Å²) in [6, 6.07) is 15.2. The van der Waals surface area contributed by atoms with Gasteiger partial charge < -0.3 is 10.6 Å². The Hall–Kier alpha value is -2.59. The van der Waals surface area contributed by atoms with Crippen LogP contribution in [0.15, 0.2) is 42.5 Å². The van der Waals surface area contributed by atoms with Gasteiger partial charge >= 0.3 is 0 Å². The van der Waals surface area contributed by atoms with Crippen LogP contribution in [-0.4, -0.2) is 23.7 Å². The highest BCUT2D eigenvalue weighted by Crippen LogP contribution is 2.48. The summed E-state index contributed by atoms with van der Waals surface area (Å²) in [7, 11) is 1.78. The van der Waals surface area contributed by atoms with E-state index in [0.29, 0.717) is 5.56 Å². The van der Waals surface area contributed by atoms with E-state index in [4.69, 9.17) is 4.21 Å². The number of hydrogen-bond donors (Lipinski definition) is 2. The molecule has 0 aromatic heterocycles. The van der Waals surface area contributed by atoms with Crippen LogP contribution in [0.5, 0.6) is 0 Å². The molecule has 1 saturated carbocycles. The fourth-order valence-electron chi connectivity index (χ4n) is 2.63. The molecular weight excluding hydrogens is 344 g/mol. The van der Waals surface area contributed by atoms with E-state index in [1.54, 1.807) is 13.1 Å². The van der Waals surface area contributed by atoms with Gasteiger partial charge in [0.05, 0.1) is 23.0 Å². The van der Waals surface area contributed by atoms with Crippen LogP contribution in [-0.2, 0) is 12.5 Å². The normalized spacial score (nSPS) is 16.8. The molecular formula is C18H17F2N3OS. The molecule has 3 rings (SSSR count). The minimum Gasteiger partial charge on any atom is -0.386 e. The van der Waals surface area contributed by atoms with Gasteiger partial charge in [-0.3, -0.25) is 0 Å². The zero-order valence-corrected chi connectivity index (χ0v) is 14.4. The standard InChI is InChI=1S/C18H17F2N3.OS/c1-22-17-8-12(15-5-3-2-4-13(15)10-21)6-7-16(17)23-11-14-9-18(14,19)20;1-2/h2-8,14,22-23H,9,11H2,1H3;. The van der Waals surface area contributed by atoms with Gasteiger partial charge in [-0.2, -0.15) is 9.47 Å². The number of rotatable bonds is 5. The van der Waals surface area contributed by atoms with Gasteiger partial charge in [-0.1, -0.05) is 24.3 Å². The zero-order chi connectivity index (χ0) is 18.4. The quantitative estimate of drug-likeness (QED) is 0.843. The van der Waals surface area contributed by atoms with Gasteiger partial charge in [0, 0.05) is 25.9 Å². The van der Waals surface area contributed by atoms with E-state index >= 15 is 0 Å². The smallest absolute Gasteiger partial charge is 0.253 e. The Morgan fingerprint density at radius 3 is 2.52 bits per heavy atom. The van der Waals surface area contributed by atoms with Crippen molar-refractivity contribution in [1.82, 2.24) is 0 Å². The molecule has 1 fully saturated rings. The number of hydrogen-bond acceptors (Lipinski definition) is 5. The van der Waals surface area contributed by atoms with Crippen molar-refractivity contribution in [2.75, 3.05) is 24.2 Å². The highest BCUT2D eigenvalue weighted by atomic mass is 32.1. The molecule has 0 amide bonds. The van der Waals surface area contributed by atoms with E-state index in [9.17, 15) is 14.0 Å². The van der Waals surface area contributed by atoms with Crippen LogP contribution in [0, 0.1) is 17.2 Å². The summed E-state index contributed by atoms with van der Waals surface area (Å²) in [6.07, 6.45) is -0.0392. The number of halogens is 2. The molecule has 4 nitrogen and oxygen atoms in total. The third-order valence-corrected chi connectivity index (χ3v) is 4.14. The summed E-state index contributed by atoms with van der Waals surface area (Å²) in [6.45, 7) is 0.260. The predicted octanol–water partition coefficient (Wildman–Crippen LogP) is 4.00. The number of alkyl halides is 2. The van der Waals surface area contributed by atoms with Crippen LogP contribution in [0.1, 0.15) is 12.0 Å². The molecule has 7 heteroatoms. The molecule has 0 spiro atoms. The van der Waals surface area contributed by atoms with E-state index in [0.717, 1.165) is 22.5 Å². The largest absolute Gasteiger partial charge is 0.386 e. The molecule has 0 heterocycles. The Balaban J connectivity index is 0.00000109. The average molecular weight is 361 g/mol. The molecule has 2 N–H and O–H groups in total. The highest BCUT2D eigenvalue weighted by molar-refractivity contribution is 7.44. The van der Waals surface area contributed by atoms with Crippen molar-refractivity contribution < 1.29 is 13.0 Å². The molecule has 1 aliphatic carbocycles. The summed E-state index contributed by atoms with van der Waals surface area (Å²) in [5.41, 5.74) is 3.97. The SMILES string of the molecule is CNc1cc(-c2ccccc2C#N)ccc1NCC1CC1(F)F.O=S. The van der Waals surface area contributed by atoms with Crippen molar-refractivity contribution in [2.45, 2.75) is 12.3 Å². The number of anilines is 2. The summed E-state index contributed by atoms with van der Waals surface area (Å²) in [4.78, 5) is 0. The maximum absolute atomic E-state index is 13.0. The summed E-state index contributed by atoms with van der Waals surface area (Å²) < 4.78 is 33.8. The molecule has 1 unspecified atom stereocenters. The van der Waals surface area contributed by atoms with E-state index < -0.39 is 11.8 Å². The van der Waals surface area contributed by atoms with Gasteiger partial charge in [0.2, 0.25) is 0 Å². The Kier molecular flexibility index (Phi) is 5.99. The minimum atomic E-state index is -2.52. The van der Waals surface area contributed by atoms with Crippen molar-refractivity contribution >= 4 is 23.9 Å². The van der Waals surface area contributed by atoms with E-state index in [-0.39, 0.29) is 13.0 Å². The van der Waals surface area contributed by atoms with E-state index in [1.165, 1.54) is 0 Å². The topological polar surface area (TPSA) is 64.9 Å². The van der Waals surface area contributed by atoms with Gasteiger partial charge in [-0.05, 0) is 29.3 Å². The molecule has 130 valence electrons. The molecule has 0 bridgehead atoms. The second-order valence-corrected chi connectivity index (χ2v) is 5.71. The minimum absolute atomic E-state index is 0.0392. The number of nitrogens with one attached hydrogen (secondary N) is 2. The van der Waals surface area contributed by atoms with E-state index in [2.05, 4.69) is 29.2 Å². The summed E-state index contributed by atoms with van der Waals surface area (Å²) >= 11 is 2.83. The Morgan fingerprint density at radius 2 is 1.92 bits per heavy atom.